The van der Waals surface area contributed by atoms with Gasteiger partial charge in [-0.2, -0.15) is 0 Å². The molecule has 0 amide bonds. The summed E-state index contributed by atoms with van der Waals surface area (Å²) in [6.45, 7) is 13.9. The maximum atomic E-state index is 6.10. The molecule has 0 saturated heterocycles. The zero-order valence-electron chi connectivity index (χ0n) is 42.1. The standard InChI is InChI=1S/C14H9ClN2.C9H5ClIN.C8H18P2.3C7H7.C5H4N.2CH3Cl.Pd.Sn/c15-12-6-8-17-14-9-10(4-5-11(12)14)13-3-1-2-7-16-13;10-8-3-4-12-9-5-6(11)1-2-7(8)9;1-7(9(3)4)8(2)10(5)6;3*1-7-5-3-2-4-6-7;1-2-4-6-5-3-1;2*1-2;;/h1-9H;1-5H;1-6H3;3*2-6H,1H2;1-4H;2*1H3;;/q;;+2;;;;;;;;. The second kappa shape index (κ2) is 34.5. The van der Waals surface area contributed by atoms with Crippen molar-refractivity contribution in [3.63, 3.8) is 0 Å². The zero-order chi connectivity index (χ0) is 51.6. The fourth-order valence-corrected chi connectivity index (χ4v) is 24.6. The molecule has 0 saturated carbocycles. The van der Waals surface area contributed by atoms with Crippen LogP contribution in [0.3, 0.4) is 0 Å². The molecule has 4 aromatic heterocycles. The Morgan fingerprint density at radius 3 is 1.26 bits per heavy atom. The second-order valence-electron chi connectivity index (χ2n) is 16.6. The Morgan fingerprint density at radius 2 is 0.861 bits per heavy atom. The average molecular weight is 1380 g/mol. The first kappa shape index (κ1) is 63.2. The van der Waals surface area contributed by atoms with Crippen molar-refractivity contribution < 1.29 is 20.4 Å². The molecule has 376 valence electrons. The van der Waals surface area contributed by atoms with E-state index in [1.165, 1.54) is 36.7 Å². The molecule has 0 aliphatic heterocycles. The molecule has 4 heterocycles. The van der Waals surface area contributed by atoms with E-state index in [4.69, 9.17) is 28.2 Å². The van der Waals surface area contributed by atoms with Gasteiger partial charge in [0.15, 0.2) is 10.6 Å². The summed E-state index contributed by atoms with van der Waals surface area (Å²) in [5, 5.41) is 6.75. The van der Waals surface area contributed by atoms with Gasteiger partial charge >= 0.3 is 172 Å². The molecule has 9 aromatic rings. The van der Waals surface area contributed by atoms with Gasteiger partial charge in [0.05, 0.1) is 68.5 Å². The fourth-order valence-electron chi connectivity index (χ4n) is 7.64. The molecular weight excluding hydrogens is 1320 g/mol. The van der Waals surface area contributed by atoms with E-state index in [2.05, 4.69) is 204 Å². The molecule has 0 fully saturated rings. The summed E-state index contributed by atoms with van der Waals surface area (Å²) >= 11 is 20.6. The molecule has 5 aromatic carbocycles. The van der Waals surface area contributed by atoms with Crippen LogP contribution in [0.5, 0.6) is 0 Å². The third-order valence-corrected chi connectivity index (χ3v) is 29.6. The van der Waals surface area contributed by atoms with Gasteiger partial charge in [0.1, 0.15) is 0 Å². The van der Waals surface area contributed by atoms with E-state index in [0.717, 1.165) is 56.4 Å². The van der Waals surface area contributed by atoms with E-state index in [1.807, 2.05) is 66.9 Å². The van der Waals surface area contributed by atoms with Crippen LogP contribution in [0.15, 0.2) is 201 Å². The van der Waals surface area contributed by atoms with Gasteiger partial charge in [-0.05, 0) is 65.1 Å². The molecule has 72 heavy (non-hydrogen) atoms. The summed E-state index contributed by atoms with van der Waals surface area (Å²) < 4.78 is 6.03. The number of halogens is 5. The molecule has 0 aliphatic carbocycles. The number of benzene rings is 5. The number of alkyl halides is 2. The molecule has 0 atom stereocenters. The molecule has 0 bridgehead atoms. The van der Waals surface area contributed by atoms with Gasteiger partial charge in [0, 0.05) is 85.5 Å². The van der Waals surface area contributed by atoms with Crippen LogP contribution < -0.4 is 3.71 Å². The van der Waals surface area contributed by atoms with Crippen molar-refractivity contribution in [1.82, 2.24) is 19.9 Å². The average Bonchev–Trinajstić information content (AvgIpc) is 3.41. The van der Waals surface area contributed by atoms with E-state index in [9.17, 15) is 0 Å². The summed E-state index contributed by atoms with van der Waals surface area (Å²) in [6.07, 6.45) is 10.1. The van der Waals surface area contributed by atoms with E-state index >= 15 is 0 Å². The van der Waals surface area contributed by atoms with Gasteiger partial charge in [-0.25, -0.2) is 0 Å². The number of hydrogen-bond acceptors (Lipinski definition) is 4. The number of aromatic nitrogens is 4. The molecular formula is C59H63Cl4IN4P2PdSn+2. The van der Waals surface area contributed by atoms with Crippen molar-refractivity contribution in [3.05, 3.63) is 231 Å². The SMILES string of the molecule is CC(C(C)=[P+](C)C)=[P+](C)C.CCl.CCl.Clc1ccnc2cc(-c3ccccn3)ccc12.Clc1ccnc2cc(I)ccc12.[Pd].c1ccc([CH2][Sn]([CH2]c2ccccc2)([CH2]c2ccccc2)[c]2ccccn2)cc1. The number of pyridine rings is 4. The van der Waals surface area contributed by atoms with Crippen LogP contribution in [0, 0.1) is 3.57 Å². The summed E-state index contributed by atoms with van der Waals surface area (Å²) in [5.41, 5.74) is 8.15. The monoisotopic (exact) mass is 1380 g/mol. The molecule has 0 N–H and O–H groups in total. The van der Waals surface area contributed by atoms with Crippen LogP contribution in [0.1, 0.15) is 30.5 Å². The first-order valence-electron chi connectivity index (χ1n) is 22.9. The van der Waals surface area contributed by atoms with Gasteiger partial charge in [-0.3, -0.25) is 15.0 Å². The molecule has 13 heteroatoms. The maximum absolute atomic E-state index is 6.10. The minimum absolute atomic E-state index is 0. The number of rotatable bonds is 9. The van der Waals surface area contributed by atoms with Gasteiger partial charge in [0.2, 0.25) is 0 Å². The molecule has 0 radical (unpaired) electrons. The van der Waals surface area contributed by atoms with Crippen molar-refractivity contribution in [3.8, 4) is 11.3 Å². The van der Waals surface area contributed by atoms with Gasteiger partial charge in [-0.15, -0.1) is 23.2 Å². The third-order valence-electron chi connectivity index (χ3n) is 11.5. The quantitative estimate of drug-likeness (QED) is 0.0625. The Morgan fingerprint density at radius 1 is 0.458 bits per heavy atom. The van der Waals surface area contributed by atoms with Crippen molar-refractivity contribution in [2.75, 3.05) is 39.4 Å². The van der Waals surface area contributed by atoms with Crippen molar-refractivity contribution in [2.24, 2.45) is 0 Å². The Labute approximate surface area is 482 Å². The Hall–Kier alpha value is -3.09. The van der Waals surface area contributed by atoms with Gasteiger partial charge < -0.3 is 0 Å². The van der Waals surface area contributed by atoms with Crippen LogP contribution in [0.25, 0.3) is 33.1 Å². The normalized spacial score (nSPS) is 10.1. The zero-order valence-corrected chi connectivity index (χ0v) is 53.4. The van der Waals surface area contributed by atoms with Crippen LogP contribution in [0.2, 0.25) is 10.0 Å². The summed E-state index contributed by atoms with van der Waals surface area (Å²) in [4.78, 5) is 17.8. The minimum atomic E-state index is -2.98. The molecule has 0 unspecified atom stereocenters. The molecule has 0 aliphatic rings. The van der Waals surface area contributed by atoms with Gasteiger partial charge in [-0.1, -0.05) is 47.5 Å². The van der Waals surface area contributed by atoms with Crippen molar-refractivity contribution >= 4 is 139 Å². The third kappa shape index (κ3) is 20.2. The Balaban J connectivity index is 0.000000266. The molecule has 9 rings (SSSR count). The van der Waals surface area contributed by atoms with Crippen LogP contribution in [0.4, 0.5) is 0 Å². The Kier molecular flexibility index (Phi) is 30.3. The van der Waals surface area contributed by atoms with Crippen LogP contribution >= 0.6 is 84.1 Å². The second-order valence-corrected chi connectivity index (χ2v) is 35.4. The number of hydrogen-bond donors (Lipinski definition) is 0. The van der Waals surface area contributed by atoms with Crippen molar-refractivity contribution in [2.45, 2.75) is 27.2 Å². The first-order valence-corrected chi connectivity index (χ1v) is 38.2. The van der Waals surface area contributed by atoms with Crippen LogP contribution in [-0.4, -0.2) is 88.3 Å². The van der Waals surface area contributed by atoms with Gasteiger partial charge in [0.25, 0.3) is 0 Å². The van der Waals surface area contributed by atoms with Crippen LogP contribution in [-0.2, 0) is 33.7 Å². The topological polar surface area (TPSA) is 51.6 Å². The summed E-state index contributed by atoms with van der Waals surface area (Å²) in [6, 6.07) is 60.9. The Bertz CT molecular complexity index is 2920. The van der Waals surface area contributed by atoms with E-state index in [1.54, 1.807) is 41.3 Å². The summed E-state index contributed by atoms with van der Waals surface area (Å²) in [7, 11) is 0.325. The van der Waals surface area contributed by atoms with E-state index in [0.29, 0.717) is 0 Å². The first-order chi connectivity index (χ1) is 34.4. The summed E-state index contributed by atoms with van der Waals surface area (Å²) in [5.74, 6) is 0. The molecule has 4 nitrogen and oxygen atoms in total. The number of nitrogens with zero attached hydrogens (tertiary/aromatic N) is 4. The number of fused-ring (bicyclic) bond motifs is 2. The predicted molar refractivity (Wildman–Crippen MR) is 332 cm³/mol. The van der Waals surface area contributed by atoms with Crippen molar-refractivity contribution in [1.29, 1.82) is 0 Å². The molecule has 0 spiro atoms. The van der Waals surface area contributed by atoms with E-state index in [-0.39, 0.29) is 35.5 Å². The predicted octanol–water partition coefficient (Wildman–Crippen LogP) is 17.1. The van der Waals surface area contributed by atoms with E-state index < -0.39 is 18.4 Å². The fraction of sp³-hybridized carbons (Fsp3) is 0.186.